The second-order valence-corrected chi connectivity index (χ2v) is 5.35. The SMILES string of the molecule is Cc1cc([N+](=O)[O-])c(C)cc1NC(=O)c1ncccc1Br. The highest BCUT2D eigenvalue weighted by atomic mass is 79.9. The number of halogens is 1. The lowest BCUT2D eigenvalue weighted by Crippen LogP contribution is -2.15. The Morgan fingerprint density at radius 2 is 2.05 bits per heavy atom. The van der Waals surface area contributed by atoms with Crippen LogP contribution in [-0.4, -0.2) is 15.8 Å². The molecule has 1 aromatic heterocycles. The molecule has 0 aliphatic rings. The van der Waals surface area contributed by atoms with Gasteiger partial charge in [-0.15, -0.1) is 0 Å². The number of carbonyl (C=O) groups is 1. The van der Waals surface area contributed by atoms with E-state index in [2.05, 4.69) is 26.2 Å². The first-order valence-corrected chi connectivity index (χ1v) is 6.87. The van der Waals surface area contributed by atoms with E-state index in [-0.39, 0.29) is 17.3 Å². The summed E-state index contributed by atoms with van der Waals surface area (Å²) in [5.74, 6) is -0.376. The molecule has 108 valence electrons. The van der Waals surface area contributed by atoms with Gasteiger partial charge < -0.3 is 5.32 Å². The minimum absolute atomic E-state index is 0.0320. The number of nitrogens with zero attached hydrogens (tertiary/aromatic N) is 2. The number of hydrogen-bond donors (Lipinski definition) is 1. The number of nitro groups is 1. The summed E-state index contributed by atoms with van der Waals surface area (Å²) in [4.78, 5) is 26.6. The van der Waals surface area contributed by atoms with E-state index in [1.54, 1.807) is 32.0 Å². The van der Waals surface area contributed by atoms with Crippen LogP contribution in [0.5, 0.6) is 0 Å². The Kier molecular flexibility index (Phi) is 4.32. The zero-order valence-electron chi connectivity index (χ0n) is 11.4. The molecule has 0 saturated carbocycles. The van der Waals surface area contributed by atoms with Crippen LogP contribution in [0, 0.1) is 24.0 Å². The zero-order chi connectivity index (χ0) is 15.6. The van der Waals surface area contributed by atoms with Crippen LogP contribution < -0.4 is 5.32 Å². The molecule has 0 unspecified atom stereocenters. The second kappa shape index (κ2) is 6.01. The Morgan fingerprint density at radius 3 is 2.67 bits per heavy atom. The first-order chi connectivity index (χ1) is 9.90. The van der Waals surface area contributed by atoms with Gasteiger partial charge in [0, 0.05) is 28.0 Å². The zero-order valence-corrected chi connectivity index (χ0v) is 13.0. The van der Waals surface area contributed by atoms with Crippen LogP contribution in [0.4, 0.5) is 11.4 Å². The summed E-state index contributed by atoms with van der Waals surface area (Å²) in [5, 5.41) is 13.6. The van der Waals surface area contributed by atoms with E-state index in [4.69, 9.17) is 0 Å². The van der Waals surface area contributed by atoms with E-state index in [0.717, 1.165) is 0 Å². The molecule has 0 atom stereocenters. The Hall–Kier alpha value is -2.28. The maximum absolute atomic E-state index is 12.2. The van der Waals surface area contributed by atoms with Crippen LogP contribution in [0.2, 0.25) is 0 Å². The van der Waals surface area contributed by atoms with E-state index < -0.39 is 4.92 Å². The minimum atomic E-state index is -0.441. The molecule has 0 spiro atoms. The molecule has 0 saturated heterocycles. The molecule has 6 nitrogen and oxygen atoms in total. The molecule has 2 rings (SSSR count). The van der Waals surface area contributed by atoms with Crippen molar-refractivity contribution in [3.05, 3.63) is 61.9 Å². The van der Waals surface area contributed by atoms with E-state index in [0.29, 0.717) is 21.3 Å². The number of amides is 1. The number of anilines is 1. The van der Waals surface area contributed by atoms with Crippen LogP contribution >= 0.6 is 15.9 Å². The predicted octanol–water partition coefficient (Wildman–Crippen LogP) is 3.62. The third-order valence-corrected chi connectivity index (χ3v) is 3.60. The van der Waals surface area contributed by atoms with Gasteiger partial charge in [-0.3, -0.25) is 14.9 Å². The van der Waals surface area contributed by atoms with Crippen LogP contribution in [0.25, 0.3) is 0 Å². The number of benzene rings is 1. The summed E-state index contributed by atoms with van der Waals surface area (Å²) in [6.45, 7) is 3.33. The molecule has 0 bridgehead atoms. The molecule has 0 fully saturated rings. The summed E-state index contributed by atoms with van der Waals surface area (Å²) in [5.41, 5.74) is 1.92. The highest BCUT2D eigenvalue weighted by Gasteiger charge is 2.16. The van der Waals surface area contributed by atoms with E-state index >= 15 is 0 Å². The van der Waals surface area contributed by atoms with Crippen molar-refractivity contribution in [3.63, 3.8) is 0 Å². The van der Waals surface area contributed by atoms with Gasteiger partial charge in [-0.1, -0.05) is 0 Å². The highest BCUT2D eigenvalue weighted by Crippen LogP contribution is 2.26. The summed E-state index contributed by atoms with van der Waals surface area (Å²) in [7, 11) is 0. The predicted molar refractivity (Wildman–Crippen MR) is 82.5 cm³/mol. The van der Waals surface area contributed by atoms with Gasteiger partial charge in [0.15, 0.2) is 0 Å². The monoisotopic (exact) mass is 349 g/mol. The quantitative estimate of drug-likeness (QED) is 0.677. The van der Waals surface area contributed by atoms with Gasteiger partial charge in [-0.05, 0) is 53.5 Å². The number of nitrogens with one attached hydrogen (secondary N) is 1. The topological polar surface area (TPSA) is 85.1 Å². The van der Waals surface area contributed by atoms with Gasteiger partial charge >= 0.3 is 0 Å². The van der Waals surface area contributed by atoms with Gasteiger partial charge in [0.05, 0.1) is 4.92 Å². The first-order valence-electron chi connectivity index (χ1n) is 6.07. The molecule has 1 N–H and O–H groups in total. The molecule has 2 aromatic rings. The summed E-state index contributed by atoms with van der Waals surface area (Å²) < 4.78 is 0.582. The summed E-state index contributed by atoms with van der Waals surface area (Å²) in [6.07, 6.45) is 1.52. The number of hydrogen-bond acceptors (Lipinski definition) is 4. The van der Waals surface area contributed by atoms with Crippen molar-refractivity contribution in [2.75, 3.05) is 5.32 Å². The van der Waals surface area contributed by atoms with E-state index in [9.17, 15) is 14.9 Å². The fraction of sp³-hybridized carbons (Fsp3) is 0.143. The summed E-state index contributed by atoms with van der Waals surface area (Å²) >= 11 is 3.26. The Balaban J connectivity index is 2.32. The molecule has 7 heteroatoms. The normalized spacial score (nSPS) is 10.2. The van der Waals surface area contributed by atoms with Crippen molar-refractivity contribution in [2.24, 2.45) is 0 Å². The van der Waals surface area contributed by atoms with Crippen molar-refractivity contribution in [3.8, 4) is 0 Å². The molecule has 0 aliphatic carbocycles. The molecular weight excluding hydrogens is 338 g/mol. The van der Waals surface area contributed by atoms with Gasteiger partial charge in [-0.2, -0.15) is 0 Å². The average Bonchev–Trinajstić information content (AvgIpc) is 2.42. The summed E-state index contributed by atoms with van der Waals surface area (Å²) in [6, 6.07) is 6.46. The number of aromatic nitrogens is 1. The number of carbonyl (C=O) groups excluding carboxylic acids is 1. The number of pyridine rings is 1. The van der Waals surface area contributed by atoms with E-state index in [1.807, 2.05) is 0 Å². The largest absolute Gasteiger partial charge is 0.320 e. The number of nitro benzene ring substituents is 1. The van der Waals surface area contributed by atoms with Crippen LogP contribution in [-0.2, 0) is 0 Å². The molecule has 21 heavy (non-hydrogen) atoms. The fourth-order valence-corrected chi connectivity index (χ4v) is 2.30. The van der Waals surface area contributed by atoms with E-state index in [1.165, 1.54) is 12.3 Å². The molecular formula is C14H12BrN3O3. The lowest BCUT2D eigenvalue weighted by atomic mass is 10.1. The van der Waals surface area contributed by atoms with Crippen molar-refractivity contribution in [1.29, 1.82) is 0 Å². The molecule has 0 aliphatic heterocycles. The first kappa shape index (κ1) is 15.1. The standard InChI is InChI=1S/C14H12BrN3O3/c1-8-7-12(18(20)21)9(2)6-11(8)17-14(19)13-10(15)4-3-5-16-13/h3-7H,1-2H3,(H,17,19). The van der Waals surface area contributed by atoms with Gasteiger partial charge in [-0.25, -0.2) is 4.98 Å². The van der Waals surface area contributed by atoms with Crippen molar-refractivity contribution < 1.29 is 9.72 Å². The average molecular weight is 350 g/mol. The Labute approximate surface area is 129 Å². The third-order valence-electron chi connectivity index (χ3n) is 2.96. The molecule has 1 heterocycles. The van der Waals surface area contributed by atoms with Crippen LogP contribution in [0.1, 0.15) is 21.6 Å². The minimum Gasteiger partial charge on any atom is -0.320 e. The van der Waals surface area contributed by atoms with Crippen molar-refractivity contribution in [1.82, 2.24) is 4.98 Å². The highest BCUT2D eigenvalue weighted by molar-refractivity contribution is 9.10. The molecule has 0 radical (unpaired) electrons. The molecule has 1 amide bonds. The van der Waals surface area contributed by atoms with Gasteiger partial charge in [0.25, 0.3) is 11.6 Å². The number of aryl methyl sites for hydroxylation is 2. The fourth-order valence-electron chi connectivity index (χ4n) is 1.87. The maximum Gasteiger partial charge on any atom is 0.275 e. The lowest BCUT2D eigenvalue weighted by Gasteiger charge is -2.10. The number of rotatable bonds is 3. The van der Waals surface area contributed by atoms with Gasteiger partial charge in [0.1, 0.15) is 5.69 Å². The van der Waals surface area contributed by atoms with Crippen molar-refractivity contribution in [2.45, 2.75) is 13.8 Å². The Morgan fingerprint density at radius 1 is 1.33 bits per heavy atom. The van der Waals surface area contributed by atoms with Crippen LogP contribution in [0.3, 0.4) is 0 Å². The van der Waals surface area contributed by atoms with Crippen LogP contribution in [0.15, 0.2) is 34.9 Å². The third kappa shape index (κ3) is 3.25. The van der Waals surface area contributed by atoms with Gasteiger partial charge in [0.2, 0.25) is 0 Å². The molecule has 1 aromatic carbocycles. The smallest absolute Gasteiger partial charge is 0.275 e. The van der Waals surface area contributed by atoms with Crippen molar-refractivity contribution >= 4 is 33.2 Å². The second-order valence-electron chi connectivity index (χ2n) is 4.50. The Bertz CT molecular complexity index is 731. The maximum atomic E-state index is 12.2. The lowest BCUT2D eigenvalue weighted by molar-refractivity contribution is -0.385.